The van der Waals surface area contributed by atoms with E-state index in [4.69, 9.17) is 5.73 Å². The number of thiophene rings is 1. The van der Waals surface area contributed by atoms with Crippen molar-refractivity contribution < 1.29 is 9.72 Å². The first-order valence-corrected chi connectivity index (χ1v) is 7.77. The van der Waals surface area contributed by atoms with E-state index in [2.05, 4.69) is 0 Å². The van der Waals surface area contributed by atoms with Crippen LogP contribution in [0.4, 0.5) is 5.00 Å². The first kappa shape index (κ1) is 17.4. The van der Waals surface area contributed by atoms with Crippen LogP contribution in [0.1, 0.15) is 21.8 Å². The summed E-state index contributed by atoms with van der Waals surface area (Å²) in [4.78, 5) is 24.4. The van der Waals surface area contributed by atoms with Crippen molar-refractivity contribution in [2.24, 2.45) is 5.73 Å². The van der Waals surface area contributed by atoms with Crippen LogP contribution in [0.5, 0.6) is 0 Å². The van der Waals surface area contributed by atoms with Crippen LogP contribution in [0.2, 0.25) is 0 Å². The molecule has 1 aliphatic heterocycles. The molecule has 6 nitrogen and oxygen atoms in total. The molecule has 1 fully saturated rings. The maximum absolute atomic E-state index is 12.5. The molecule has 2 heterocycles. The number of nitrogens with zero attached hydrogens (tertiary/aromatic N) is 2. The summed E-state index contributed by atoms with van der Waals surface area (Å²) in [7, 11) is 0. The number of amides is 1. The van der Waals surface area contributed by atoms with Crippen LogP contribution in [-0.4, -0.2) is 34.9 Å². The van der Waals surface area contributed by atoms with Crippen LogP contribution in [0, 0.1) is 10.1 Å². The molecule has 1 aromatic carbocycles. The fourth-order valence-electron chi connectivity index (χ4n) is 2.76. The Morgan fingerprint density at radius 1 is 1.30 bits per heavy atom. The van der Waals surface area contributed by atoms with Crippen LogP contribution in [0.25, 0.3) is 0 Å². The highest BCUT2D eigenvalue weighted by Gasteiger charge is 2.34. The van der Waals surface area contributed by atoms with E-state index in [1.54, 1.807) is 4.90 Å². The lowest BCUT2D eigenvalue weighted by Gasteiger charge is -2.15. The molecule has 8 heteroatoms. The van der Waals surface area contributed by atoms with Gasteiger partial charge in [-0.05, 0) is 5.56 Å². The molecule has 122 valence electrons. The summed E-state index contributed by atoms with van der Waals surface area (Å²) in [6.45, 7) is 0.996. The van der Waals surface area contributed by atoms with Crippen LogP contribution in [-0.2, 0) is 0 Å². The SMILES string of the molecule is Cl.N[C@@H]1CN(C(=O)c2csc([N+](=O)[O-])c2)C[C@H]1c1ccccc1. The molecule has 1 amide bonds. The van der Waals surface area contributed by atoms with Crippen LogP contribution in [0.3, 0.4) is 0 Å². The number of hydrogen-bond donors (Lipinski definition) is 1. The van der Waals surface area contributed by atoms with Crippen LogP contribution in [0.15, 0.2) is 41.8 Å². The fourth-order valence-corrected chi connectivity index (χ4v) is 3.46. The molecule has 0 unspecified atom stereocenters. The molecular weight excluding hydrogens is 338 g/mol. The molecule has 2 atom stereocenters. The second-order valence-electron chi connectivity index (χ2n) is 5.32. The van der Waals surface area contributed by atoms with Gasteiger partial charge in [-0.15, -0.1) is 12.4 Å². The van der Waals surface area contributed by atoms with Crippen molar-refractivity contribution in [1.82, 2.24) is 4.90 Å². The average molecular weight is 354 g/mol. The Morgan fingerprint density at radius 2 is 2.00 bits per heavy atom. The molecule has 0 saturated carbocycles. The largest absolute Gasteiger partial charge is 0.336 e. The molecule has 1 aromatic heterocycles. The number of likely N-dealkylation sites (tertiary alicyclic amines) is 1. The lowest BCUT2D eigenvalue weighted by Crippen LogP contribution is -2.32. The van der Waals surface area contributed by atoms with Gasteiger partial charge in [-0.1, -0.05) is 41.7 Å². The molecule has 23 heavy (non-hydrogen) atoms. The lowest BCUT2D eigenvalue weighted by molar-refractivity contribution is -0.380. The van der Waals surface area contributed by atoms with Gasteiger partial charge in [0.2, 0.25) is 0 Å². The van der Waals surface area contributed by atoms with E-state index in [1.165, 1.54) is 11.4 Å². The molecule has 2 aromatic rings. The second-order valence-corrected chi connectivity index (χ2v) is 6.21. The van der Waals surface area contributed by atoms with Crippen molar-refractivity contribution in [2.45, 2.75) is 12.0 Å². The number of carbonyl (C=O) groups is 1. The third kappa shape index (κ3) is 3.52. The normalized spacial score (nSPS) is 20.1. The topological polar surface area (TPSA) is 89.5 Å². The summed E-state index contributed by atoms with van der Waals surface area (Å²) in [6.07, 6.45) is 0. The first-order valence-electron chi connectivity index (χ1n) is 6.89. The Balaban J connectivity index is 0.00000192. The molecule has 3 rings (SSSR count). The van der Waals surface area contributed by atoms with E-state index in [9.17, 15) is 14.9 Å². The third-order valence-electron chi connectivity index (χ3n) is 3.89. The molecule has 0 bridgehead atoms. The summed E-state index contributed by atoms with van der Waals surface area (Å²) in [6, 6.07) is 11.1. The van der Waals surface area contributed by atoms with Crippen molar-refractivity contribution in [2.75, 3.05) is 13.1 Å². The molecule has 0 spiro atoms. The first-order chi connectivity index (χ1) is 10.6. The zero-order valence-corrected chi connectivity index (χ0v) is 13.8. The van der Waals surface area contributed by atoms with Gasteiger partial charge in [-0.3, -0.25) is 14.9 Å². The zero-order chi connectivity index (χ0) is 15.7. The monoisotopic (exact) mass is 353 g/mol. The summed E-state index contributed by atoms with van der Waals surface area (Å²) in [5.74, 6) is -0.1000. The minimum atomic E-state index is -0.482. The predicted octanol–water partition coefficient (Wildman–Crippen LogP) is 2.65. The highest BCUT2D eigenvalue weighted by atomic mass is 35.5. The lowest BCUT2D eigenvalue weighted by atomic mass is 9.95. The quantitative estimate of drug-likeness (QED) is 0.678. The fraction of sp³-hybridized carbons (Fsp3) is 0.267. The maximum Gasteiger partial charge on any atom is 0.324 e. The Kier molecular flexibility index (Phi) is 5.35. The van der Waals surface area contributed by atoms with Gasteiger partial charge in [-0.2, -0.15) is 0 Å². The molecular formula is C15H16ClN3O3S. The van der Waals surface area contributed by atoms with Crippen molar-refractivity contribution in [3.8, 4) is 0 Å². The number of halogens is 1. The number of nitro groups is 1. The van der Waals surface area contributed by atoms with E-state index in [-0.39, 0.29) is 35.3 Å². The zero-order valence-electron chi connectivity index (χ0n) is 12.1. The van der Waals surface area contributed by atoms with Crippen molar-refractivity contribution in [3.63, 3.8) is 0 Å². The van der Waals surface area contributed by atoms with Gasteiger partial charge in [0.25, 0.3) is 5.91 Å². The summed E-state index contributed by atoms with van der Waals surface area (Å²) in [5.41, 5.74) is 7.64. The highest BCUT2D eigenvalue weighted by molar-refractivity contribution is 7.13. The predicted molar refractivity (Wildman–Crippen MR) is 91.3 cm³/mol. The van der Waals surface area contributed by atoms with Gasteiger partial charge in [0.15, 0.2) is 0 Å². The Morgan fingerprint density at radius 3 is 2.61 bits per heavy atom. The van der Waals surface area contributed by atoms with Crippen molar-refractivity contribution in [3.05, 3.63) is 63.0 Å². The third-order valence-corrected chi connectivity index (χ3v) is 4.77. The molecule has 0 aliphatic carbocycles. The van der Waals surface area contributed by atoms with Gasteiger partial charge in [0.05, 0.1) is 10.5 Å². The summed E-state index contributed by atoms with van der Waals surface area (Å²) < 4.78 is 0. The minimum Gasteiger partial charge on any atom is -0.336 e. The van der Waals surface area contributed by atoms with E-state index in [0.29, 0.717) is 18.7 Å². The van der Waals surface area contributed by atoms with Crippen LogP contribution < -0.4 is 5.73 Å². The standard InChI is InChI=1S/C15H15N3O3S.ClH/c16-13-8-17(7-12(13)10-4-2-1-3-5-10)15(19)11-6-14(18(20)21)22-9-11;/h1-6,9,12-13H,7-8,16H2;1H/t12-,13+;/m0./s1. The minimum absolute atomic E-state index is 0. The number of hydrogen-bond acceptors (Lipinski definition) is 5. The summed E-state index contributed by atoms with van der Waals surface area (Å²) in [5, 5.41) is 12.2. The van der Waals surface area contributed by atoms with Gasteiger partial charge in [0, 0.05) is 36.5 Å². The van der Waals surface area contributed by atoms with E-state index in [0.717, 1.165) is 16.9 Å². The summed E-state index contributed by atoms with van der Waals surface area (Å²) >= 11 is 0.965. The second kappa shape index (κ2) is 7.08. The van der Waals surface area contributed by atoms with Gasteiger partial charge in [0.1, 0.15) is 0 Å². The number of rotatable bonds is 3. The smallest absolute Gasteiger partial charge is 0.324 e. The number of carbonyl (C=O) groups excluding carboxylic acids is 1. The van der Waals surface area contributed by atoms with Crippen molar-refractivity contribution in [1.29, 1.82) is 0 Å². The van der Waals surface area contributed by atoms with Gasteiger partial charge in [-0.25, -0.2) is 0 Å². The number of nitrogens with two attached hydrogens (primary N) is 1. The Hall–Kier alpha value is -1.96. The molecule has 2 N–H and O–H groups in total. The van der Waals surface area contributed by atoms with Gasteiger partial charge >= 0.3 is 5.00 Å². The van der Waals surface area contributed by atoms with Gasteiger partial charge < -0.3 is 10.6 Å². The highest BCUT2D eigenvalue weighted by Crippen LogP contribution is 2.29. The molecule has 0 radical (unpaired) electrons. The number of benzene rings is 1. The van der Waals surface area contributed by atoms with Crippen molar-refractivity contribution >= 4 is 34.7 Å². The van der Waals surface area contributed by atoms with E-state index < -0.39 is 4.92 Å². The van der Waals surface area contributed by atoms with E-state index >= 15 is 0 Å². The Labute approximate surface area is 143 Å². The molecule has 1 aliphatic rings. The maximum atomic E-state index is 12.5. The van der Waals surface area contributed by atoms with E-state index in [1.807, 2.05) is 30.3 Å². The average Bonchev–Trinajstić information content (AvgIpc) is 3.14. The van der Waals surface area contributed by atoms with Crippen LogP contribution >= 0.6 is 23.7 Å². The Bertz CT molecular complexity index is 707. The molecule has 1 saturated heterocycles.